The van der Waals surface area contributed by atoms with Crippen molar-refractivity contribution in [2.75, 3.05) is 13.1 Å². The summed E-state index contributed by atoms with van der Waals surface area (Å²) in [7, 11) is 0. The van der Waals surface area contributed by atoms with E-state index in [4.69, 9.17) is 4.74 Å². The van der Waals surface area contributed by atoms with E-state index in [9.17, 15) is 20.1 Å². The normalized spacial score (nSPS) is 35.2. The summed E-state index contributed by atoms with van der Waals surface area (Å²) in [5, 5.41) is 30.5. The number of carbonyl (C=O) groups is 1. The number of nitrogens with zero attached hydrogens (tertiary/aromatic N) is 1. The molecule has 2 fully saturated rings. The van der Waals surface area contributed by atoms with Crippen molar-refractivity contribution in [2.45, 2.75) is 43.8 Å². The molecule has 3 rings (SSSR count). The Kier molecular flexibility index (Phi) is 4.18. The van der Waals surface area contributed by atoms with Gasteiger partial charge in [0.25, 0.3) is 0 Å². The fourth-order valence-electron chi connectivity index (χ4n) is 3.31. The lowest BCUT2D eigenvalue weighted by Crippen LogP contribution is -2.62. The maximum absolute atomic E-state index is 12.2. The molecule has 0 saturated carbocycles. The Morgan fingerprint density at radius 2 is 1.86 bits per heavy atom. The summed E-state index contributed by atoms with van der Waals surface area (Å²) in [6, 6.07) is 6.41. The Balaban J connectivity index is 1.73. The van der Waals surface area contributed by atoms with Crippen molar-refractivity contribution < 1.29 is 24.9 Å². The van der Waals surface area contributed by atoms with Crippen LogP contribution in [0.25, 0.3) is 0 Å². The molecule has 5 atom stereocenters. The Hall–Kier alpha value is -1.47. The second-order valence-electron chi connectivity index (χ2n) is 6.14. The van der Waals surface area contributed by atoms with E-state index in [1.807, 2.05) is 11.8 Å². The molecule has 4 unspecified atom stereocenters. The maximum atomic E-state index is 12.2. The van der Waals surface area contributed by atoms with Gasteiger partial charge in [-0.1, -0.05) is 17.7 Å². The van der Waals surface area contributed by atoms with Crippen molar-refractivity contribution in [1.29, 1.82) is 0 Å². The minimum absolute atomic E-state index is 0.282. The Morgan fingerprint density at radius 3 is 2.55 bits per heavy atom. The van der Waals surface area contributed by atoms with Crippen molar-refractivity contribution in [3.63, 3.8) is 0 Å². The van der Waals surface area contributed by atoms with Crippen LogP contribution in [-0.2, 0) is 4.74 Å². The molecule has 6 nitrogen and oxygen atoms in total. The van der Waals surface area contributed by atoms with Crippen LogP contribution in [0.4, 0.5) is 0 Å². The van der Waals surface area contributed by atoms with E-state index in [1.165, 1.54) is 0 Å². The zero-order valence-electron chi connectivity index (χ0n) is 12.4. The minimum Gasteiger partial charge on any atom is -0.453 e. The summed E-state index contributed by atoms with van der Waals surface area (Å²) in [6.07, 6.45) is -3.21. The van der Waals surface area contributed by atoms with Crippen molar-refractivity contribution in [2.24, 2.45) is 0 Å². The smallest absolute Gasteiger partial charge is 0.338 e. The van der Waals surface area contributed by atoms with E-state index < -0.39 is 36.4 Å². The SMILES string of the molecule is Cc1ccc(C(=O)OC2C(O)CN3CC[C@H](O)C3C2O)cc1. The number of fused-ring (bicyclic) bond motifs is 1. The minimum atomic E-state index is -1.10. The average molecular weight is 307 g/mol. The number of aliphatic hydroxyl groups excluding tert-OH is 3. The van der Waals surface area contributed by atoms with Crippen LogP contribution in [0.2, 0.25) is 0 Å². The van der Waals surface area contributed by atoms with Gasteiger partial charge < -0.3 is 20.1 Å². The molecule has 2 heterocycles. The first-order valence-electron chi connectivity index (χ1n) is 7.53. The molecular formula is C16H21NO5. The largest absolute Gasteiger partial charge is 0.453 e. The first-order chi connectivity index (χ1) is 10.5. The molecule has 0 aliphatic carbocycles. The third-order valence-electron chi connectivity index (χ3n) is 4.55. The third kappa shape index (κ3) is 2.75. The van der Waals surface area contributed by atoms with E-state index in [0.29, 0.717) is 18.5 Å². The Labute approximate surface area is 128 Å². The van der Waals surface area contributed by atoms with Crippen molar-refractivity contribution >= 4 is 5.97 Å². The molecule has 0 bridgehead atoms. The molecule has 2 aliphatic heterocycles. The van der Waals surface area contributed by atoms with Crippen LogP contribution < -0.4 is 0 Å². The zero-order chi connectivity index (χ0) is 15.9. The highest BCUT2D eigenvalue weighted by atomic mass is 16.6. The summed E-state index contributed by atoms with van der Waals surface area (Å²) in [6.45, 7) is 2.82. The fraction of sp³-hybridized carbons (Fsp3) is 0.562. The molecule has 0 amide bonds. The maximum Gasteiger partial charge on any atom is 0.338 e. The number of rotatable bonds is 2. The van der Waals surface area contributed by atoms with Crippen LogP contribution in [0.1, 0.15) is 22.3 Å². The molecule has 120 valence electrons. The molecule has 6 heteroatoms. The number of esters is 1. The predicted octanol–water partition coefficient (Wildman–Crippen LogP) is -0.309. The quantitative estimate of drug-likeness (QED) is 0.650. The van der Waals surface area contributed by atoms with Crippen LogP contribution in [0.15, 0.2) is 24.3 Å². The predicted molar refractivity (Wildman–Crippen MR) is 78.4 cm³/mol. The average Bonchev–Trinajstić information content (AvgIpc) is 2.85. The molecule has 1 aromatic carbocycles. The van der Waals surface area contributed by atoms with Crippen molar-refractivity contribution in [1.82, 2.24) is 4.90 Å². The van der Waals surface area contributed by atoms with E-state index in [1.54, 1.807) is 24.3 Å². The second kappa shape index (κ2) is 5.96. The standard InChI is InChI=1S/C16H21NO5/c1-9-2-4-10(5-3-9)16(21)22-15-12(19)8-17-7-6-11(18)13(17)14(15)20/h2-5,11-15,18-20H,6-8H2,1H3/t11-,12?,13?,14?,15?/m0/s1. The van der Waals surface area contributed by atoms with Gasteiger partial charge in [-0.25, -0.2) is 4.79 Å². The summed E-state index contributed by atoms with van der Waals surface area (Å²) in [4.78, 5) is 14.0. The van der Waals surface area contributed by atoms with Crippen LogP contribution in [0.5, 0.6) is 0 Å². The Bertz CT molecular complexity index is 546. The van der Waals surface area contributed by atoms with Crippen molar-refractivity contribution in [3.8, 4) is 0 Å². The first-order valence-corrected chi connectivity index (χ1v) is 7.53. The monoisotopic (exact) mass is 307 g/mol. The summed E-state index contributed by atoms with van der Waals surface area (Å²) < 4.78 is 5.32. The highest BCUT2D eigenvalue weighted by Gasteiger charge is 2.49. The molecule has 3 N–H and O–H groups in total. The first kappa shape index (κ1) is 15.4. The third-order valence-corrected chi connectivity index (χ3v) is 4.55. The molecule has 2 aliphatic rings. The van der Waals surface area contributed by atoms with Gasteiger partial charge in [0.05, 0.1) is 17.7 Å². The summed E-state index contributed by atoms with van der Waals surface area (Å²) in [5.41, 5.74) is 1.40. The van der Waals surface area contributed by atoms with Gasteiger partial charge in [-0.3, -0.25) is 4.90 Å². The van der Waals surface area contributed by atoms with Gasteiger partial charge in [-0.05, 0) is 25.5 Å². The van der Waals surface area contributed by atoms with Crippen LogP contribution in [0.3, 0.4) is 0 Å². The van der Waals surface area contributed by atoms with Crippen molar-refractivity contribution in [3.05, 3.63) is 35.4 Å². The summed E-state index contributed by atoms with van der Waals surface area (Å²) >= 11 is 0. The molecule has 1 aromatic rings. The van der Waals surface area contributed by atoms with Gasteiger partial charge in [-0.15, -0.1) is 0 Å². The van der Waals surface area contributed by atoms with Gasteiger partial charge in [0.15, 0.2) is 6.10 Å². The van der Waals surface area contributed by atoms with E-state index in [-0.39, 0.29) is 6.54 Å². The molecular weight excluding hydrogens is 286 g/mol. The van der Waals surface area contributed by atoms with Gasteiger partial charge in [0.1, 0.15) is 12.2 Å². The second-order valence-corrected chi connectivity index (χ2v) is 6.14. The number of ether oxygens (including phenoxy) is 1. The van der Waals surface area contributed by atoms with E-state index in [0.717, 1.165) is 5.56 Å². The van der Waals surface area contributed by atoms with Gasteiger partial charge in [0, 0.05) is 13.1 Å². The number of aliphatic hydroxyl groups is 3. The van der Waals surface area contributed by atoms with Crippen LogP contribution in [0, 0.1) is 6.92 Å². The molecule has 2 saturated heterocycles. The lowest BCUT2D eigenvalue weighted by Gasteiger charge is -2.42. The highest BCUT2D eigenvalue weighted by molar-refractivity contribution is 5.89. The molecule has 0 aromatic heterocycles. The van der Waals surface area contributed by atoms with Gasteiger partial charge in [-0.2, -0.15) is 0 Å². The molecule has 0 radical (unpaired) electrons. The van der Waals surface area contributed by atoms with Gasteiger partial charge >= 0.3 is 5.97 Å². The Morgan fingerprint density at radius 1 is 1.18 bits per heavy atom. The van der Waals surface area contributed by atoms with E-state index >= 15 is 0 Å². The number of piperidine rings is 1. The zero-order valence-corrected chi connectivity index (χ0v) is 12.4. The topological polar surface area (TPSA) is 90.2 Å². The number of benzene rings is 1. The number of aryl methyl sites for hydroxylation is 1. The van der Waals surface area contributed by atoms with Gasteiger partial charge in [0.2, 0.25) is 0 Å². The molecule has 0 spiro atoms. The van der Waals surface area contributed by atoms with E-state index in [2.05, 4.69) is 0 Å². The lowest BCUT2D eigenvalue weighted by molar-refractivity contribution is -0.144. The molecule has 22 heavy (non-hydrogen) atoms. The summed E-state index contributed by atoms with van der Waals surface area (Å²) in [5.74, 6) is -0.580. The number of hydrogen-bond acceptors (Lipinski definition) is 6. The number of carbonyl (C=O) groups excluding carboxylic acids is 1. The lowest BCUT2D eigenvalue weighted by atomic mass is 9.92. The van der Waals surface area contributed by atoms with Crippen LogP contribution >= 0.6 is 0 Å². The number of hydrogen-bond donors (Lipinski definition) is 3. The van der Waals surface area contributed by atoms with Crippen LogP contribution in [-0.4, -0.2) is 69.7 Å². The highest BCUT2D eigenvalue weighted by Crippen LogP contribution is 2.30. The fourth-order valence-corrected chi connectivity index (χ4v) is 3.31.